The molecule has 0 spiro atoms. The molecule has 2 aromatic carbocycles. The lowest BCUT2D eigenvalue weighted by Crippen LogP contribution is -2.10. The van der Waals surface area contributed by atoms with Gasteiger partial charge >= 0.3 is 0 Å². The van der Waals surface area contributed by atoms with Gasteiger partial charge in [0, 0.05) is 11.3 Å². The minimum absolute atomic E-state index is 0.109. The zero-order valence-corrected chi connectivity index (χ0v) is 14.7. The minimum Gasteiger partial charge on any atom is -0.497 e. The van der Waals surface area contributed by atoms with Gasteiger partial charge in [0.25, 0.3) is 5.91 Å². The van der Waals surface area contributed by atoms with Crippen molar-refractivity contribution in [2.75, 3.05) is 12.4 Å². The molecule has 24 heavy (non-hydrogen) atoms. The number of hydrogen-bond donors (Lipinski definition) is 1. The van der Waals surface area contributed by atoms with Crippen molar-refractivity contribution in [1.82, 2.24) is 0 Å². The number of benzene rings is 2. The Labute approximate surface area is 149 Å². The molecule has 0 bridgehead atoms. The van der Waals surface area contributed by atoms with E-state index < -0.39 is 0 Å². The van der Waals surface area contributed by atoms with E-state index >= 15 is 0 Å². The van der Waals surface area contributed by atoms with E-state index in [-0.39, 0.29) is 16.2 Å². The molecule has 0 aliphatic carbocycles. The Morgan fingerprint density at radius 3 is 2.50 bits per heavy atom. The highest BCUT2D eigenvalue weighted by Crippen LogP contribution is 2.15. The summed E-state index contributed by atoms with van der Waals surface area (Å²) in [5, 5.41) is 2.68. The maximum atomic E-state index is 12.2. The van der Waals surface area contributed by atoms with Gasteiger partial charge in [0.1, 0.15) is 5.75 Å². The second-order valence-electron chi connectivity index (χ2n) is 4.91. The van der Waals surface area contributed by atoms with E-state index in [0.717, 1.165) is 5.56 Å². The molecule has 0 fully saturated rings. The number of allylic oxidation sites excluding steroid dienone is 1. The zero-order valence-electron chi connectivity index (χ0n) is 13.1. The molecule has 0 aromatic heterocycles. The van der Waals surface area contributed by atoms with Crippen LogP contribution in [0.2, 0.25) is 0 Å². The van der Waals surface area contributed by atoms with E-state index in [1.165, 1.54) is 6.08 Å². The maximum absolute atomic E-state index is 12.2. The Kier molecular flexibility index (Phi) is 6.09. The molecule has 122 valence electrons. The van der Waals surface area contributed by atoms with Crippen molar-refractivity contribution in [3.05, 3.63) is 76.8 Å². The fraction of sp³-hybridized carbons (Fsp3) is 0.0526. The van der Waals surface area contributed by atoms with Crippen LogP contribution in [-0.4, -0.2) is 18.8 Å². The molecule has 0 heterocycles. The van der Waals surface area contributed by atoms with Gasteiger partial charge in [-0.2, -0.15) is 0 Å². The first-order valence-corrected chi connectivity index (χ1v) is 7.91. The number of rotatable bonds is 6. The largest absolute Gasteiger partial charge is 0.497 e. The van der Waals surface area contributed by atoms with Gasteiger partial charge in [0.2, 0.25) is 0 Å². The van der Waals surface area contributed by atoms with Crippen LogP contribution in [0.3, 0.4) is 0 Å². The standard InChI is InChI=1S/C19H16BrNO3/c1-13(20)19(23)21-16-9-6-14(7-10-16)8-11-18(22)15-4-3-5-17(12-15)24-2/h3-12H,1H2,2H3,(H,21,23)/b11-8+. The summed E-state index contributed by atoms with van der Waals surface area (Å²) in [6.07, 6.45) is 3.22. The SMILES string of the molecule is C=C(Br)C(=O)Nc1ccc(/C=C/C(=O)c2cccc(OC)c2)cc1. The number of ketones is 1. The van der Waals surface area contributed by atoms with Crippen molar-refractivity contribution in [2.24, 2.45) is 0 Å². The van der Waals surface area contributed by atoms with Crippen molar-refractivity contribution in [3.63, 3.8) is 0 Å². The quantitative estimate of drug-likeness (QED) is 0.590. The molecule has 2 aromatic rings. The molecule has 2 rings (SSSR count). The summed E-state index contributed by atoms with van der Waals surface area (Å²) in [5.41, 5.74) is 2.06. The minimum atomic E-state index is -0.300. The van der Waals surface area contributed by atoms with Crippen LogP contribution in [0.25, 0.3) is 6.08 Å². The van der Waals surface area contributed by atoms with Gasteiger partial charge in [-0.3, -0.25) is 9.59 Å². The molecule has 5 heteroatoms. The number of methoxy groups -OCH3 is 1. The van der Waals surface area contributed by atoms with Crippen LogP contribution >= 0.6 is 15.9 Å². The summed E-state index contributed by atoms with van der Waals surface area (Å²) < 4.78 is 5.37. The maximum Gasteiger partial charge on any atom is 0.262 e. The topological polar surface area (TPSA) is 55.4 Å². The van der Waals surface area contributed by atoms with Crippen LogP contribution in [0.5, 0.6) is 5.75 Å². The van der Waals surface area contributed by atoms with Crippen LogP contribution in [0.4, 0.5) is 5.69 Å². The fourth-order valence-corrected chi connectivity index (χ4v) is 2.02. The first-order valence-electron chi connectivity index (χ1n) is 7.12. The number of halogens is 1. The van der Waals surface area contributed by atoms with Gasteiger partial charge in [-0.25, -0.2) is 0 Å². The molecule has 0 unspecified atom stereocenters. The molecular weight excluding hydrogens is 370 g/mol. The van der Waals surface area contributed by atoms with Crippen LogP contribution in [0, 0.1) is 0 Å². The lowest BCUT2D eigenvalue weighted by molar-refractivity contribution is -0.112. The molecule has 0 radical (unpaired) electrons. The molecule has 0 saturated carbocycles. The third-order valence-corrected chi connectivity index (χ3v) is 3.56. The van der Waals surface area contributed by atoms with Gasteiger partial charge in [-0.05, 0) is 51.8 Å². The number of carbonyl (C=O) groups excluding carboxylic acids is 2. The lowest BCUT2D eigenvalue weighted by Gasteiger charge is -2.04. The highest BCUT2D eigenvalue weighted by atomic mass is 79.9. The number of amides is 1. The molecule has 0 aliphatic heterocycles. The van der Waals surface area contributed by atoms with E-state index in [9.17, 15) is 9.59 Å². The third kappa shape index (κ3) is 4.93. The molecule has 0 aliphatic rings. The summed E-state index contributed by atoms with van der Waals surface area (Å²) in [7, 11) is 1.56. The van der Waals surface area contributed by atoms with E-state index in [2.05, 4.69) is 27.8 Å². The number of ether oxygens (including phenoxy) is 1. The molecule has 1 amide bonds. The Bertz CT molecular complexity index is 795. The van der Waals surface area contributed by atoms with Crippen LogP contribution in [0.15, 0.2) is 65.7 Å². The van der Waals surface area contributed by atoms with Crippen LogP contribution in [-0.2, 0) is 4.79 Å². The van der Waals surface area contributed by atoms with Crippen molar-refractivity contribution < 1.29 is 14.3 Å². The summed E-state index contributed by atoms with van der Waals surface area (Å²) in [6.45, 7) is 3.51. The zero-order chi connectivity index (χ0) is 17.5. The van der Waals surface area contributed by atoms with Gasteiger partial charge in [-0.1, -0.05) is 36.9 Å². The molecular formula is C19H16BrNO3. The molecule has 0 atom stereocenters. The second kappa shape index (κ2) is 8.26. The smallest absolute Gasteiger partial charge is 0.262 e. The van der Waals surface area contributed by atoms with Gasteiger partial charge in [0.05, 0.1) is 11.6 Å². The van der Waals surface area contributed by atoms with E-state index in [1.54, 1.807) is 49.6 Å². The van der Waals surface area contributed by atoms with Crippen LogP contribution in [0.1, 0.15) is 15.9 Å². The Morgan fingerprint density at radius 1 is 1.17 bits per heavy atom. The Hall–Kier alpha value is -2.66. The molecule has 1 N–H and O–H groups in total. The lowest BCUT2D eigenvalue weighted by atomic mass is 10.1. The van der Waals surface area contributed by atoms with Gasteiger partial charge < -0.3 is 10.1 Å². The predicted molar refractivity (Wildman–Crippen MR) is 99.5 cm³/mol. The van der Waals surface area contributed by atoms with Crippen molar-refractivity contribution in [1.29, 1.82) is 0 Å². The molecule has 0 saturated heterocycles. The average Bonchev–Trinajstić information content (AvgIpc) is 2.60. The van der Waals surface area contributed by atoms with E-state index in [1.807, 2.05) is 12.1 Å². The number of carbonyl (C=O) groups is 2. The summed E-state index contributed by atoms with van der Waals surface area (Å²) in [6, 6.07) is 14.1. The summed E-state index contributed by atoms with van der Waals surface area (Å²) in [4.78, 5) is 23.7. The number of nitrogens with one attached hydrogen (secondary N) is 1. The van der Waals surface area contributed by atoms with Gasteiger partial charge in [0.15, 0.2) is 5.78 Å². The monoisotopic (exact) mass is 385 g/mol. The Morgan fingerprint density at radius 2 is 1.88 bits per heavy atom. The van der Waals surface area contributed by atoms with Crippen LogP contribution < -0.4 is 10.1 Å². The number of anilines is 1. The predicted octanol–water partition coefficient (Wildman–Crippen LogP) is 4.44. The normalized spacial score (nSPS) is 10.4. The van der Waals surface area contributed by atoms with Gasteiger partial charge in [-0.15, -0.1) is 0 Å². The first-order chi connectivity index (χ1) is 11.5. The fourth-order valence-electron chi connectivity index (χ4n) is 1.92. The van der Waals surface area contributed by atoms with Crippen molar-refractivity contribution in [2.45, 2.75) is 0 Å². The average molecular weight is 386 g/mol. The second-order valence-corrected chi connectivity index (χ2v) is 5.87. The van der Waals surface area contributed by atoms with E-state index in [0.29, 0.717) is 17.0 Å². The van der Waals surface area contributed by atoms with Crippen molar-refractivity contribution >= 4 is 39.4 Å². The summed E-state index contributed by atoms with van der Waals surface area (Å²) >= 11 is 3.02. The van der Waals surface area contributed by atoms with E-state index in [4.69, 9.17) is 4.74 Å². The molecule has 4 nitrogen and oxygen atoms in total. The highest BCUT2D eigenvalue weighted by molar-refractivity contribution is 9.12. The number of hydrogen-bond acceptors (Lipinski definition) is 3. The highest BCUT2D eigenvalue weighted by Gasteiger charge is 2.04. The Balaban J connectivity index is 2.04. The third-order valence-electron chi connectivity index (χ3n) is 3.20. The van der Waals surface area contributed by atoms with Crippen molar-refractivity contribution in [3.8, 4) is 5.75 Å². The summed E-state index contributed by atoms with van der Waals surface area (Å²) in [5.74, 6) is 0.232. The first kappa shape index (κ1) is 17.7.